The number of rotatable bonds is 5. The lowest BCUT2D eigenvalue weighted by Crippen LogP contribution is -2.19. The van der Waals surface area contributed by atoms with Crippen molar-refractivity contribution in [3.8, 4) is 10.4 Å². The Hall–Kier alpha value is -3.01. The van der Waals surface area contributed by atoms with Crippen molar-refractivity contribution in [2.75, 3.05) is 5.32 Å². The van der Waals surface area contributed by atoms with E-state index in [-0.39, 0.29) is 29.6 Å². The van der Waals surface area contributed by atoms with Crippen molar-refractivity contribution in [1.82, 2.24) is 15.0 Å². The highest BCUT2D eigenvalue weighted by Gasteiger charge is 2.52. The van der Waals surface area contributed by atoms with Crippen molar-refractivity contribution < 1.29 is 23.1 Å². The molecule has 4 atom stereocenters. The third kappa shape index (κ3) is 4.19. The fraction of sp³-hybridized carbons (Fsp3) is 0.391. The minimum atomic E-state index is -4.55. The SMILES string of the molecule is Cc1cc(Nc2nccc(C(F)(F)F)n2)cc(-c2cnc(C3CC4CCC3C4C(=O)O)s2)c1. The number of aromatic nitrogens is 3. The van der Waals surface area contributed by atoms with Crippen LogP contribution in [0.15, 0.2) is 36.7 Å². The van der Waals surface area contributed by atoms with Gasteiger partial charge in [-0.3, -0.25) is 4.79 Å². The Bertz CT molecular complexity index is 1210. The van der Waals surface area contributed by atoms with Gasteiger partial charge in [0, 0.05) is 24.0 Å². The number of aliphatic carboxylic acids is 1. The van der Waals surface area contributed by atoms with E-state index in [0.717, 1.165) is 52.5 Å². The highest BCUT2D eigenvalue weighted by Crippen LogP contribution is 2.57. The number of nitrogens with zero attached hydrogens (tertiary/aromatic N) is 3. The van der Waals surface area contributed by atoms with Crippen LogP contribution < -0.4 is 5.32 Å². The second-order valence-corrected chi connectivity index (χ2v) is 9.81. The van der Waals surface area contributed by atoms with Crippen LogP contribution in [0.1, 0.15) is 41.4 Å². The lowest BCUT2D eigenvalue weighted by molar-refractivity contribution is -0.143. The summed E-state index contributed by atoms with van der Waals surface area (Å²) in [6, 6.07) is 6.45. The number of hydrogen-bond acceptors (Lipinski definition) is 6. The molecular formula is C23H21F3N4O2S. The number of aryl methyl sites for hydroxylation is 1. The van der Waals surface area contributed by atoms with Crippen LogP contribution >= 0.6 is 11.3 Å². The summed E-state index contributed by atoms with van der Waals surface area (Å²) in [6.07, 6.45) is 1.08. The third-order valence-corrected chi connectivity index (χ3v) is 7.78. The number of fused-ring (bicyclic) bond motifs is 2. The zero-order valence-corrected chi connectivity index (χ0v) is 18.5. The Kier molecular flexibility index (Phi) is 5.35. The van der Waals surface area contributed by atoms with Crippen LogP contribution in [0.25, 0.3) is 10.4 Å². The summed E-state index contributed by atoms with van der Waals surface area (Å²) in [5, 5.41) is 13.4. The van der Waals surface area contributed by atoms with Crippen molar-refractivity contribution in [3.63, 3.8) is 0 Å². The summed E-state index contributed by atoms with van der Waals surface area (Å²) < 4.78 is 38.9. The molecule has 2 aliphatic carbocycles. The Labute approximate surface area is 191 Å². The van der Waals surface area contributed by atoms with Gasteiger partial charge in [-0.25, -0.2) is 15.0 Å². The number of benzene rings is 1. The molecule has 2 heterocycles. The predicted octanol–water partition coefficient (Wildman–Crippen LogP) is 5.89. The fourth-order valence-electron chi connectivity index (χ4n) is 5.30. The first-order chi connectivity index (χ1) is 15.7. The van der Waals surface area contributed by atoms with Crippen LogP contribution in [-0.2, 0) is 11.0 Å². The van der Waals surface area contributed by atoms with Gasteiger partial charge in [-0.05, 0) is 67.3 Å². The van der Waals surface area contributed by atoms with E-state index in [4.69, 9.17) is 0 Å². The molecule has 2 aliphatic rings. The zero-order chi connectivity index (χ0) is 23.3. The van der Waals surface area contributed by atoms with Gasteiger partial charge in [0.1, 0.15) is 5.69 Å². The third-order valence-electron chi connectivity index (χ3n) is 6.60. The molecule has 0 radical (unpaired) electrons. The maximum absolute atomic E-state index is 13.0. The van der Waals surface area contributed by atoms with Crippen LogP contribution in [-0.4, -0.2) is 26.0 Å². The topological polar surface area (TPSA) is 88.0 Å². The summed E-state index contributed by atoms with van der Waals surface area (Å²) >= 11 is 1.55. The van der Waals surface area contributed by atoms with Gasteiger partial charge in [0.15, 0.2) is 0 Å². The molecule has 10 heteroatoms. The molecular weight excluding hydrogens is 453 g/mol. The number of nitrogens with one attached hydrogen (secondary N) is 1. The molecule has 33 heavy (non-hydrogen) atoms. The monoisotopic (exact) mass is 474 g/mol. The van der Waals surface area contributed by atoms with Gasteiger partial charge in [0.25, 0.3) is 0 Å². The lowest BCUT2D eigenvalue weighted by Gasteiger charge is -2.19. The largest absolute Gasteiger partial charge is 0.481 e. The molecule has 1 aromatic carbocycles. The summed E-state index contributed by atoms with van der Waals surface area (Å²) in [5.74, 6) is -0.568. The standard InChI is InChI=1S/C23H21F3N4O2S/c1-11-6-13(8-14(7-11)29-22-27-5-4-18(30-22)23(24,25)26)17-10-28-20(33-17)16-9-12-2-3-15(16)19(12)21(31)32/h4-8,10,12,15-16,19H,2-3,9H2,1H3,(H,31,32)(H,27,29,30). The number of alkyl halides is 3. The first-order valence-corrected chi connectivity index (χ1v) is 11.5. The van der Waals surface area contributed by atoms with Crippen molar-refractivity contribution in [2.24, 2.45) is 17.8 Å². The Morgan fingerprint density at radius 1 is 1.21 bits per heavy atom. The van der Waals surface area contributed by atoms with E-state index in [1.54, 1.807) is 17.5 Å². The Morgan fingerprint density at radius 2 is 2.03 bits per heavy atom. The minimum absolute atomic E-state index is 0.131. The summed E-state index contributed by atoms with van der Waals surface area (Å²) in [7, 11) is 0. The second-order valence-electron chi connectivity index (χ2n) is 8.75. The van der Waals surface area contributed by atoms with Gasteiger partial charge in [-0.15, -0.1) is 11.3 Å². The minimum Gasteiger partial charge on any atom is -0.481 e. The molecule has 4 unspecified atom stereocenters. The van der Waals surface area contributed by atoms with Crippen LogP contribution in [0.3, 0.4) is 0 Å². The van der Waals surface area contributed by atoms with Crippen LogP contribution in [0.5, 0.6) is 0 Å². The normalized spacial score (nSPS) is 24.2. The van der Waals surface area contributed by atoms with Crippen molar-refractivity contribution >= 4 is 28.9 Å². The number of thiazole rings is 1. The second kappa shape index (κ2) is 8.09. The Balaban J connectivity index is 1.39. The summed E-state index contributed by atoms with van der Waals surface area (Å²) in [4.78, 5) is 24.7. The number of hydrogen-bond donors (Lipinski definition) is 2. The maximum atomic E-state index is 13.0. The van der Waals surface area contributed by atoms with E-state index in [1.165, 1.54) is 0 Å². The number of anilines is 2. The molecule has 2 N–H and O–H groups in total. The molecule has 172 valence electrons. The molecule has 2 aromatic heterocycles. The molecule has 3 aromatic rings. The first kappa shape index (κ1) is 21.8. The van der Waals surface area contributed by atoms with Gasteiger partial charge in [-0.1, -0.05) is 6.07 Å². The average molecular weight is 475 g/mol. The fourth-order valence-corrected chi connectivity index (χ4v) is 6.39. The van der Waals surface area contributed by atoms with Crippen LogP contribution in [0.4, 0.5) is 24.8 Å². The molecule has 2 saturated carbocycles. The number of halogens is 3. The lowest BCUT2D eigenvalue weighted by atomic mass is 9.88. The highest BCUT2D eigenvalue weighted by atomic mass is 32.1. The summed E-state index contributed by atoms with van der Waals surface area (Å²) in [6.45, 7) is 1.90. The van der Waals surface area contributed by atoms with E-state index in [1.807, 2.05) is 25.1 Å². The highest BCUT2D eigenvalue weighted by molar-refractivity contribution is 7.15. The van der Waals surface area contributed by atoms with Crippen LogP contribution in [0.2, 0.25) is 0 Å². The van der Waals surface area contributed by atoms with Gasteiger partial charge in [0.05, 0.1) is 15.8 Å². The van der Waals surface area contributed by atoms with Crippen molar-refractivity contribution in [2.45, 2.75) is 38.3 Å². The molecule has 0 saturated heterocycles. The number of carboxylic acids is 1. The van der Waals surface area contributed by atoms with E-state index in [9.17, 15) is 23.1 Å². The predicted molar refractivity (Wildman–Crippen MR) is 117 cm³/mol. The number of carboxylic acid groups (broad SMARTS) is 1. The molecule has 6 nitrogen and oxygen atoms in total. The van der Waals surface area contributed by atoms with Gasteiger partial charge < -0.3 is 10.4 Å². The molecule has 0 amide bonds. The van der Waals surface area contributed by atoms with Gasteiger partial charge >= 0.3 is 12.1 Å². The maximum Gasteiger partial charge on any atom is 0.433 e. The van der Waals surface area contributed by atoms with Crippen molar-refractivity contribution in [3.05, 3.63) is 52.9 Å². The zero-order valence-electron chi connectivity index (χ0n) is 17.6. The Morgan fingerprint density at radius 3 is 2.76 bits per heavy atom. The smallest absolute Gasteiger partial charge is 0.433 e. The molecule has 0 spiro atoms. The van der Waals surface area contributed by atoms with E-state index < -0.39 is 17.8 Å². The average Bonchev–Trinajstić information content (AvgIpc) is 3.47. The molecule has 2 bridgehead atoms. The molecule has 5 rings (SSSR count). The van der Waals surface area contributed by atoms with Gasteiger partial charge in [-0.2, -0.15) is 13.2 Å². The molecule has 0 aliphatic heterocycles. The van der Waals surface area contributed by atoms with E-state index in [2.05, 4.69) is 20.3 Å². The number of carbonyl (C=O) groups is 1. The van der Waals surface area contributed by atoms with Crippen LogP contribution in [0, 0.1) is 24.7 Å². The van der Waals surface area contributed by atoms with Gasteiger partial charge in [0.2, 0.25) is 5.95 Å². The van der Waals surface area contributed by atoms with E-state index in [0.29, 0.717) is 5.69 Å². The quantitative estimate of drug-likeness (QED) is 0.480. The van der Waals surface area contributed by atoms with E-state index >= 15 is 0 Å². The first-order valence-electron chi connectivity index (χ1n) is 10.7. The molecule has 2 fully saturated rings. The summed E-state index contributed by atoms with van der Waals surface area (Å²) in [5.41, 5.74) is 1.37. The van der Waals surface area contributed by atoms with Crippen molar-refractivity contribution in [1.29, 1.82) is 0 Å².